The molecule has 0 aliphatic heterocycles. The Morgan fingerprint density at radius 3 is 0.571 bits per heavy atom. The van der Waals surface area contributed by atoms with E-state index in [0.29, 0.717) is 26.4 Å². The summed E-state index contributed by atoms with van der Waals surface area (Å²) in [6, 6.07) is 0. The first-order valence-corrected chi connectivity index (χ1v) is 12.1. The lowest BCUT2D eigenvalue weighted by Crippen LogP contribution is -1.80. The van der Waals surface area contributed by atoms with Gasteiger partial charge < -0.3 is 20.4 Å². The van der Waals surface area contributed by atoms with Crippen molar-refractivity contribution in [1.29, 1.82) is 0 Å². The molecule has 0 aliphatic rings. The summed E-state index contributed by atoms with van der Waals surface area (Å²) in [7, 11) is 0. The monoisotopic (exact) mass is 408 g/mol. The standard InChI is InChI=1S/4C6H14O/c4*1-2-3-4-5-6-7/h4*7H,2-6H2,1H3. The molecule has 0 radical (unpaired) electrons. The van der Waals surface area contributed by atoms with Crippen LogP contribution in [0.5, 0.6) is 0 Å². The third-order valence-electron chi connectivity index (χ3n) is 4.05. The van der Waals surface area contributed by atoms with Crippen LogP contribution in [-0.4, -0.2) is 46.9 Å². The summed E-state index contributed by atoms with van der Waals surface area (Å²) in [5.74, 6) is 0. The van der Waals surface area contributed by atoms with Crippen molar-refractivity contribution in [1.82, 2.24) is 0 Å². The molecule has 0 unspecified atom stereocenters. The van der Waals surface area contributed by atoms with Gasteiger partial charge in [-0.05, 0) is 25.7 Å². The fraction of sp³-hybridized carbons (Fsp3) is 1.00. The van der Waals surface area contributed by atoms with Crippen LogP contribution in [0.2, 0.25) is 0 Å². The third-order valence-corrected chi connectivity index (χ3v) is 4.05. The molecule has 28 heavy (non-hydrogen) atoms. The average molecular weight is 409 g/mol. The van der Waals surface area contributed by atoms with E-state index in [9.17, 15) is 0 Å². The average Bonchev–Trinajstić information content (AvgIpc) is 2.71. The topological polar surface area (TPSA) is 80.9 Å². The smallest absolute Gasteiger partial charge is 0.0431 e. The van der Waals surface area contributed by atoms with Gasteiger partial charge in [0.2, 0.25) is 0 Å². The molecule has 0 aliphatic carbocycles. The zero-order valence-electron chi connectivity index (χ0n) is 19.9. The fourth-order valence-corrected chi connectivity index (χ4v) is 2.15. The Kier molecular flexibility index (Phi) is 57.4. The van der Waals surface area contributed by atoms with Gasteiger partial charge >= 0.3 is 0 Å². The van der Waals surface area contributed by atoms with E-state index < -0.39 is 0 Å². The Labute approximate surface area is 177 Å². The molecule has 0 saturated heterocycles. The lowest BCUT2D eigenvalue weighted by Gasteiger charge is -1.90. The van der Waals surface area contributed by atoms with Crippen molar-refractivity contribution in [3.63, 3.8) is 0 Å². The number of unbranched alkanes of at least 4 members (excludes halogenated alkanes) is 12. The van der Waals surface area contributed by atoms with Crippen LogP contribution in [0.25, 0.3) is 0 Å². The number of hydrogen-bond acceptors (Lipinski definition) is 4. The highest BCUT2D eigenvalue weighted by molar-refractivity contribution is 4.37. The van der Waals surface area contributed by atoms with Crippen molar-refractivity contribution in [2.45, 2.75) is 130 Å². The van der Waals surface area contributed by atoms with Gasteiger partial charge in [0.1, 0.15) is 0 Å². The molecular formula is C24H56O4. The minimum absolute atomic E-state index is 0.361. The van der Waals surface area contributed by atoms with E-state index in [1.54, 1.807) is 0 Å². The van der Waals surface area contributed by atoms with Gasteiger partial charge in [-0.1, -0.05) is 105 Å². The maximum absolute atomic E-state index is 8.29. The fourth-order valence-electron chi connectivity index (χ4n) is 2.15. The minimum Gasteiger partial charge on any atom is -0.396 e. The van der Waals surface area contributed by atoms with E-state index >= 15 is 0 Å². The molecule has 0 rings (SSSR count). The Morgan fingerprint density at radius 1 is 0.286 bits per heavy atom. The van der Waals surface area contributed by atoms with Crippen LogP contribution >= 0.6 is 0 Å². The summed E-state index contributed by atoms with van der Waals surface area (Å²) in [6.45, 7) is 10.1. The molecule has 0 aromatic carbocycles. The van der Waals surface area contributed by atoms with Crippen molar-refractivity contribution in [3.05, 3.63) is 0 Å². The second-order valence-electron chi connectivity index (χ2n) is 7.14. The Hall–Kier alpha value is -0.160. The molecule has 0 aromatic heterocycles. The molecule has 4 heteroatoms. The SMILES string of the molecule is CCCCCCO.CCCCCCO.CCCCCCO.CCCCCCO. The van der Waals surface area contributed by atoms with Gasteiger partial charge in [0.15, 0.2) is 0 Å². The summed E-state index contributed by atoms with van der Waals surface area (Å²) >= 11 is 0. The first-order chi connectivity index (χ1) is 13.7. The van der Waals surface area contributed by atoms with Crippen molar-refractivity contribution >= 4 is 0 Å². The molecule has 176 valence electrons. The van der Waals surface area contributed by atoms with Gasteiger partial charge in [0.05, 0.1) is 0 Å². The maximum Gasteiger partial charge on any atom is 0.0431 e. The second kappa shape index (κ2) is 45.5. The van der Waals surface area contributed by atoms with Crippen LogP contribution in [0.3, 0.4) is 0 Å². The number of aliphatic hydroxyl groups excluding tert-OH is 4. The highest BCUT2D eigenvalue weighted by atomic mass is 16.3. The van der Waals surface area contributed by atoms with Gasteiger partial charge in [0.25, 0.3) is 0 Å². The summed E-state index contributed by atoms with van der Waals surface area (Å²) in [5.41, 5.74) is 0. The molecule has 0 atom stereocenters. The van der Waals surface area contributed by atoms with E-state index in [0.717, 1.165) is 25.7 Å². The van der Waals surface area contributed by atoms with Crippen LogP contribution in [0.15, 0.2) is 0 Å². The molecule has 0 saturated carbocycles. The van der Waals surface area contributed by atoms with Gasteiger partial charge in [0, 0.05) is 26.4 Å². The number of aliphatic hydroxyl groups is 4. The Morgan fingerprint density at radius 2 is 0.464 bits per heavy atom. The minimum atomic E-state index is 0.361. The Bertz CT molecular complexity index is 133. The number of hydrogen-bond donors (Lipinski definition) is 4. The van der Waals surface area contributed by atoms with E-state index in [1.165, 1.54) is 77.0 Å². The van der Waals surface area contributed by atoms with Gasteiger partial charge in [-0.25, -0.2) is 0 Å². The van der Waals surface area contributed by atoms with E-state index in [4.69, 9.17) is 20.4 Å². The molecule has 0 spiro atoms. The number of rotatable bonds is 16. The van der Waals surface area contributed by atoms with E-state index in [-0.39, 0.29) is 0 Å². The quantitative estimate of drug-likeness (QED) is 0.228. The van der Waals surface area contributed by atoms with Gasteiger partial charge in [-0.2, -0.15) is 0 Å². The predicted molar refractivity (Wildman–Crippen MR) is 125 cm³/mol. The zero-order chi connectivity index (χ0) is 22.1. The highest BCUT2D eigenvalue weighted by Crippen LogP contribution is 1.97. The van der Waals surface area contributed by atoms with Crippen molar-refractivity contribution in [2.75, 3.05) is 26.4 Å². The first kappa shape index (κ1) is 35.3. The molecule has 0 fully saturated rings. The lowest BCUT2D eigenvalue weighted by atomic mass is 10.2. The molecule has 0 aromatic rings. The van der Waals surface area contributed by atoms with Crippen LogP contribution in [0, 0.1) is 0 Å². The predicted octanol–water partition coefficient (Wildman–Crippen LogP) is 6.24. The maximum atomic E-state index is 8.29. The van der Waals surface area contributed by atoms with Crippen LogP contribution in [-0.2, 0) is 0 Å². The first-order valence-electron chi connectivity index (χ1n) is 12.1. The summed E-state index contributed by atoms with van der Waals surface area (Å²) in [6.07, 6.45) is 18.7. The van der Waals surface area contributed by atoms with Gasteiger partial charge in [-0.3, -0.25) is 0 Å². The summed E-state index contributed by atoms with van der Waals surface area (Å²) in [4.78, 5) is 0. The van der Waals surface area contributed by atoms with E-state index in [1.807, 2.05) is 0 Å². The van der Waals surface area contributed by atoms with Crippen molar-refractivity contribution in [3.8, 4) is 0 Å². The molecule has 0 bridgehead atoms. The highest BCUT2D eigenvalue weighted by Gasteiger charge is 1.82. The summed E-state index contributed by atoms with van der Waals surface area (Å²) < 4.78 is 0. The largest absolute Gasteiger partial charge is 0.396 e. The zero-order valence-corrected chi connectivity index (χ0v) is 19.9. The van der Waals surface area contributed by atoms with Gasteiger partial charge in [-0.15, -0.1) is 0 Å². The third kappa shape index (κ3) is 63.5. The molecular weight excluding hydrogens is 352 g/mol. The Balaban J connectivity index is -0.000000137. The molecule has 4 nitrogen and oxygen atoms in total. The van der Waals surface area contributed by atoms with Crippen molar-refractivity contribution < 1.29 is 20.4 Å². The van der Waals surface area contributed by atoms with E-state index in [2.05, 4.69) is 27.7 Å². The molecule has 0 amide bonds. The molecule has 4 N–H and O–H groups in total. The molecule has 0 heterocycles. The van der Waals surface area contributed by atoms with Crippen molar-refractivity contribution in [2.24, 2.45) is 0 Å². The lowest BCUT2D eigenvalue weighted by molar-refractivity contribution is 0.282. The normalized spacial score (nSPS) is 9.43. The van der Waals surface area contributed by atoms with Crippen LogP contribution in [0.1, 0.15) is 130 Å². The van der Waals surface area contributed by atoms with Crippen LogP contribution < -0.4 is 0 Å². The van der Waals surface area contributed by atoms with Crippen LogP contribution in [0.4, 0.5) is 0 Å². The summed E-state index contributed by atoms with van der Waals surface area (Å²) in [5, 5.41) is 33.2. The second-order valence-corrected chi connectivity index (χ2v) is 7.14.